The maximum atomic E-state index is 10.6. The van der Waals surface area contributed by atoms with E-state index in [0.29, 0.717) is 11.4 Å². The number of benzene rings is 1. The predicted octanol–water partition coefficient (Wildman–Crippen LogP) is 2.39. The third-order valence-electron chi connectivity index (χ3n) is 2.69. The van der Waals surface area contributed by atoms with Crippen LogP contribution in [-0.2, 0) is 11.2 Å². The van der Waals surface area contributed by atoms with E-state index < -0.39 is 5.97 Å². The van der Waals surface area contributed by atoms with Crippen molar-refractivity contribution < 1.29 is 9.90 Å². The van der Waals surface area contributed by atoms with Gasteiger partial charge in [-0.2, -0.15) is 0 Å². The highest BCUT2D eigenvalue weighted by atomic mass is 16.4. The molecule has 4 heteroatoms. The summed E-state index contributed by atoms with van der Waals surface area (Å²) in [6.45, 7) is 4.02. The summed E-state index contributed by atoms with van der Waals surface area (Å²) in [5, 5.41) is 8.68. The van der Waals surface area contributed by atoms with Gasteiger partial charge in [-0.3, -0.25) is 4.79 Å². The number of aliphatic carboxylic acids is 1. The van der Waals surface area contributed by atoms with E-state index in [1.165, 1.54) is 0 Å². The van der Waals surface area contributed by atoms with Crippen molar-refractivity contribution in [3.05, 3.63) is 47.3 Å². The lowest BCUT2D eigenvalue weighted by atomic mass is 10.1. The first-order valence-corrected chi connectivity index (χ1v) is 5.66. The number of rotatable bonds is 3. The standard InChI is InChI=1S/C14H14N2O2/c1-9-3-4-10(2)12(5-9)14-15-7-11(8-16-14)6-13(17)18/h3-5,7-8H,6H2,1-2H3,(H,17,18). The van der Waals surface area contributed by atoms with E-state index in [4.69, 9.17) is 5.11 Å². The van der Waals surface area contributed by atoms with Crippen LogP contribution in [0.5, 0.6) is 0 Å². The summed E-state index contributed by atoms with van der Waals surface area (Å²) in [6.07, 6.45) is 3.09. The second-order valence-corrected chi connectivity index (χ2v) is 4.30. The number of hydrogen-bond donors (Lipinski definition) is 1. The number of carboxylic acids is 1. The van der Waals surface area contributed by atoms with Crippen LogP contribution in [0.4, 0.5) is 0 Å². The van der Waals surface area contributed by atoms with Gasteiger partial charge in [0.25, 0.3) is 0 Å². The Balaban J connectivity index is 2.34. The van der Waals surface area contributed by atoms with Crippen molar-refractivity contribution in [3.8, 4) is 11.4 Å². The van der Waals surface area contributed by atoms with Gasteiger partial charge in [0, 0.05) is 18.0 Å². The lowest BCUT2D eigenvalue weighted by Crippen LogP contribution is -2.02. The van der Waals surface area contributed by atoms with Crippen LogP contribution in [0.15, 0.2) is 30.6 Å². The summed E-state index contributed by atoms with van der Waals surface area (Å²) in [5.74, 6) is -0.247. The van der Waals surface area contributed by atoms with Crippen molar-refractivity contribution in [1.82, 2.24) is 9.97 Å². The fourth-order valence-corrected chi connectivity index (χ4v) is 1.74. The Morgan fingerprint density at radius 2 is 1.89 bits per heavy atom. The van der Waals surface area contributed by atoms with E-state index in [2.05, 4.69) is 9.97 Å². The monoisotopic (exact) mass is 242 g/mol. The van der Waals surface area contributed by atoms with Crippen LogP contribution in [-0.4, -0.2) is 21.0 Å². The topological polar surface area (TPSA) is 63.1 Å². The van der Waals surface area contributed by atoms with Crippen LogP contribution in [0.2, 0.25) is 0 Å². The molecule has 0 saturated heterocycles. The highest BCUT2D eigenvalue weighted by Crippen LogP contribution is 2.20. The molecular formula is C14H14N2O2. The Hall–Kier alpha value is -2.23. The molecule has 1 N–H and O–H groups in total. The molecule has 0 bridgehead atoms. The van der Waals surface area contributed by atoms with Gasteiger partial charge in [0.1, 0.15) is 0 Å². The Kier molecular flexibility index (Phi) is 3.37. The summed E-state index contributed by atoms with van der Waals surface area (Å²) in [5.41, 5.74) is 3.84. The third kappa shape index (κ3) is 2.71. The fourth-order valence-electron chi connectivity index (χ4n) is 1.74. The largest absolute Gasteiger partial charge is 0.481 e. The first-order chi connectivity index (χ1) is 8.56. The minimum absolute atomic E-state index is 0.0485. The number of carbonyl (C=O) groups is 1. The molecule has 0 atom stereocenters. The lowest BCUT2D eigenvalue weighted by molar-refractivity contribution is -0.136. The number of aromatic nitrogens is 2. The molecule has 1 aromatic heterocycles. The molecule has 2 aromatic rings. The van der Waals surface area contributed by atoms with Crippen LogP contribution in [0.1, 0.15) is 16.7 Å². The quantitative estimate of drug-likeness (QED) is 0.897. The summed E-state index contributed by atoms with van der Waals surface area (Å²) in [4.78, 5) is 19.0. The van der Waals surface area contributed by atoms with E-state index in [0.717, 1.165) is 16.7 Å². The molecule has 1 aromatic carbocycles. The average molecular weight is 242 g/mol. The molecule has 0 spiro atoms. The summed E-state index contributed by atoms with van der Waals surface area (Å²) in [7, 11) is 0. The fraction of sp³-hybridized carbons (Fsp3) is 0.214. The van der Waals surface area contributed by atoms with Crippen molar-refractivity contribution in [1.29, 1.82) is 0 Å². The third-order valence-corrected chi connectivity index (χ3v) is 2.69. The van der Waals surface area contributed by atoms with Crippen molar-refractivity contribution in [2.75, 3.05) is 0 Å². The van der Waals surface area contributed by atoms with Gasteiger partial charge in [-0.25, -0.2) is 9.97 Å². The van der Waals surface area contributed by atoms with Crippen LogP contribution < -0.4 is 0 Å². The first kappa shape index (κ1) is 12.2. The van der Waals surface area contributed by atoms with Crippen LogP contribution in [0, 0.1) is 13.8 Å². The Morgan fingerprint density at radius 3 is 2.50 bits per heavy atom. The molecule has 0 aliphatic carbocycles. The van der Waals surface area contributed by atoms with E-state index in [-0.39, 0.29) is 6.42 Å². The Morgan fingerprint density at radius 1 is 1.22 bits per heavy atom. The highest BCUT2D eigenvalue weighted by Gasteiger charge is 2.06. The number of hydrogen-bond acceptors (Lipinski definition) is 3. The maximum Gasteiger partial charge on any atom is 0.307 e. The smallest absolute Gasteiger partial charge is 0.307 e. The minimum Gasteiger partial charge on any atom is -0.481 e. The van der Waals surface area contributed by atoms with E-state index in [1.807, 2.05) is 32.0 Å². The van der Waals surface area contributed by atoms with Gasteiger partial charge in [0.05, 0.1) is 6.42 Å². The highest BCUT2D eigenvalue weighted by molar-refractivity contribution is 5.70. The lowest BCUT2D eigenvalue weighted by Gasteiger charge is -2.06. The van der Waals surface area contributed by atoms with Crippen LogP contribution in [0.25, 0.3) is 11.4 Å². The minimum atomic E-state index is -0.877. The second kappa shape index (κ2) is 4.96. The van der Waals surface area contributed by atoms with Gasteiger partial charge in [-0.1, -0.05) is 17.7 Å². The maximum absolute atomic E-state index is 10.6. The molecule has 92 valence electrons. The second-order valence-electron chi connectivity index (χ2n) is 4.30. The normalized spacial score (nSPS) is 10.3. The summed E-state index contributed by atoms with van der Waals surface area (Å²) < 4.78 is 0. The van der Waals surface area contributed by atoms with E-state index in [9.17, 15) is 4.79 Å². The van der Waals surface area contributed by atoms with Crippen molar-refractivity contribution in [2.24, 2.45) is 0 Å². The number of carboxylic acid groups (broad SMARTS) is 1. The van der Waals surface area contributed by atoms with Gasteiger partial charge in [0.15, 0.2) is 5.82 Å². The summed E-state index contributed by atoms with van der Waals surface area (Å²) >= 11 is 0. The van der Waals surface area contributed by atoms with Crippen molar-refractivity contribution in [2.45, 2.75) is 20.3 Å². The zero-order chi connectivity index (χ0) is 13.1. The molecule has 0 amide bonds. The van der Waals surface area contributed by atoms with Gasteiger partial charge in [-0.05, 0) is 31.0 Å². The molecule has 0 fully saturated rings. The van der Waals surface area contributed by atoms with Gasteiger partial charge >= 0.3 is 5.97 Å². The molecule has 4 nitrogen and oxygen atoms in total. The predicted molar refractivity (Wildman–Crippen MR) is 68.3 cm³/mol. The Bertz CT molecular complexity index is 577. The van der Waals surface area contributed by atoms with E-state index in [1.54, 1.807) is 12.4 Å². The SMILES string of the molecule is Cc1ccc(C)c(-c2ncc(CC(=O)O)cn2)c1. The zero-order valence-electron chi connectivity index (χ0n) is 10.3. The van der Waals surface area contributed by atoms with Gasteiger partial charge < -0.3 is 5.11 Å². The van der Waals surface area contributed by atoms with Gasteiger partial charge in [0.2, 0.25) is 0 Å². The molecule has 0 unspecified atom stereocenters. The molecule has 0 aliphatic heterocycles. The molecule has 0 saturated carbocycles. The van der Waals surface area contributed by atoms with Crippen LogP contribution >= 0.6 is 0 Å². The van der Waals surface area contributed by atoms with Crippen LogP contribution in [0.3, 0.4) is 0 Å². The zero-order valence-corrected chi connectivity index (χ0v) is 10.3. The van der Waals surface area contributed by atoms with Crippen molar-refractivity contribution in [3.63, 3.8) is 0 Å². The molecule has 0 aliphatic rings. The molecule has 2 rings (SSSR count). The van der Waals surface area contributed by atoms with E-state index >= 15 is 0 Å². The number of nitrogens with zero attached hydrogens (tertiary/aromatic N) is 2. The molecular weight excluding hydrogens is 228 g/mol. The average Bonchev–Trinajstić information content (AvgIpc) is 2.33. The molecule has 0 radical (unpaired) electrons. The summed E-state index contributed by atoms with van der Waals surface area (Å²) in [6, 6.07) is 6.10. The van der Waals surface area contributed by atoms with Crippen molar-refractivity contribution >= 4 is 5.97 Å². The molecule has 1 heterocycles. The Labute approximate surface area is 105 Å². The van der Waals surface area contributed by atoms with Gasteiger partial charge in [-0.15, -0.1) is 0 Å². The number of aryl methyl sites for hydroxylation is 2. The molecule has 18 heavy (non-hydrogen) atoms. The first-order valence-electron chi connectivity index (χ1n) is 5.66.